The van der Waals surface area contributed by atoms with Crippen LogP contribution in [0.25, 0.3) is 0 Å². The van der Waals surface area contributed by atoms with Crippen LogP contribution in [0.15, 0.2) is 82.8 Å². The van der Waals surface area contributed by atoms with Crippen molar-refractivity contribution < 1.29 is 9.84 Å². The molecule has 0 bridgehead atoms. The summed E-state index contributed by atoms with van der Waals surface area (Å²) in [6.07, 6.45) is 12.7. The van der Waals surface area contributed by atoms with E-state index in [-0.39, 0.29) is 13.2 Å². The van der Waals surface area contributed by atoms with Crippen molar-refractivity contribution in [2.45, 2.75) is 7.43 Å². The molecule has 0 saturated heterocycles. The topological polar surface area (TPSA) is 107 Å². The lowest BCUT2D eigenvalue weighted by molar-refractivity contribution is 0.439. The van der Waals surface area contributed by atoms with Gasteiger partial charge >= 0.3 is 6.01 Å². The van der Waals surface area contributed by atoms with Gasteiger partial charge in [0.1, 0.15) is 5.75 Å². The maximum atomic E-state index is 8.72. The van der Waals surface area contributed by atoms with E-state index in [0.29, 0.717) is 17.0 Å². The average molecular weight is 557 g/mol. The van der Waals surface area contributed by atoms with Crippen LogP contribution >= 0.6 is 43.5 Å². The fraction of sp³-hybridized carbons (Fsp3) is 0.0526. The van der Waals surface area contributed by atoms with Crippen LogP contribution in [0.1, 0.15) is 7.43 Å². The van der Waals surface area contributed by atoms with Crippen LogP contribution in [0.3, 0.4) is 0 Å². The van der Waals surface area contributed by atoms with E-state index >= 15 is 0 Å². The molecular formula is C19H17Br2ClN6O2. The van der Waals surface area contributed by atoms with Gasteiger partial charge in [-0.2, -0.15) is 0 Å². The zero-order valence-corrected chi connectivity index (χ0v) is 18.5. The lowest BCUT2D eigenvalue weighted by Crippen LogP contribution is -1.90. The molecule has 0 aromatic carbocycles. The van der Waals surface area contributed by atoms with Gasteiger partial charge in [-0.05, 0) is 67.7 Å². The Balaban J connectivity index is 0.000000241. The van der Waals surface area contributed by atoms with Crippen molar-refractivity contribution in [1.29, 1.82) is 0 Å². The Hall–Kier alpha value is -2.69. The van der Waals surface area contributed by atoms with Crippen LogP contribution in [-0.2, 0) is 0 Å². The Kier molecular flexibility index (Phi) is 12.1. The maximum absolute atomic E-state index is 8.72. The lowest BCUT2D eigenvalue weighted by Gasteiger charge is -2.01. The van der Waals surface area contributed by atoms with Gasteiger partial charge in [-0.3, -0.25) is 9.97 Å². The van der Waals surface area contributed by atoms with Crippen molar-refractivity contribution >= 4 is 43.5 Å². The number of nitrogens with zero attached hydrogens (tertiary/aromatic N) is 6. The predicted molar refractivity (Wildman–Crippen MR) is 121 cm³/mol. The first-order valence-electron chi connectivity index (χ1n) is 7.80. The second kappa shape index (κ2) is 14.3. The molecule has 0 aliphatic carbocycles. The molecule has 156 valence electrons. The summed E-state index contributed by atoms with van der Waals surface area (Å²) in [7, 11) is 0. The highest BCUT2D eigenvalue weighted by atomic mass is 79.9. The van der Waals surface area contributed by atoms with E-state index in [1.54, 1.807) is 67.6 Å². The van der Waals surface area contributed by atoms with Gasteiger partial charge < -0.3 is 9.84 Å². The number of rotatable bonds is 2. The van der Waals surface area contributed by atoms with Gasteiger partial charge in [0.2, 0.25) is 5.28 Å². The standard InChI is InChI=1S/C9H6BrN3O.C5H4BrNO.C4H3ClN2.CH4/c10-7-4-8(6-11-5-7)14-9-12-2-1-3-13-9;6-4-1-5(8)3-7-2-4;5-4-6-2-1-3-7-4;/h1-6H;1-3,8H;1-3H;1H4. The SMILES string of the molecule is Brc1cncc(Oc2ncccn2)c1.C.Clc1ncccn1.Oc1cncc(Br)c1. The number of hydrogen-bond acceptors (Lipinski definition) is 8. The maximum Gasteiger partial charge on any atom is 0.321 e. The summed E-state index contributed by atoms with van der Waals surface area (Å²) >= 11 is 11.7. The number of pyridine rings is 2. The monoisotopic (exact) mass is 554 g/mol. The molecule has 11 heteroatoms. The molecule has 1 N–H and O–H groups in total. The van der Waals surface area contributed by atoms with Crippen molar-refractivity contribution in [3.05, 3.63) is 88.1 Å². The van der Waals surface area contributed by atoms with E-state index in [2.05, 4.69) is 61.8 Å². The molecule has 0 spiro atoms. The van der Waals surface area contributed by atoms with E-state index in [1.165, 1.54) is 6.20 Å². The molecule has 0 fully saturated rings. The summed E-state index contributed by atoms with van der Waals surface area (Å²) < 4.78 is 6.99. The van der Waals surface area contributed by atoms with Gasteiger partial charge in [0, 0.05) is 46.1 Å². The molecule has 0 aliphatic rings. The molecule has 0 amide bonds. The average Bonchev–Trinajstić information content (AvgIpc) is 2.70. The first-order chi connectivity index (χ1) is 14.0. The van der Waals surface area contributed by atoms with E-state index in [0.717, 1.165) is 8.95 Å². The Bertz CT molecular complexity index is 983. The zero-order valence-electron chi connectivity index (χ0n) is 14.6. The summed E-state index contributed by atoms with van der Waals surface area (Å²) in [5.41, 5.74) is 0. The van der Waals surface area contributed by atoms with Crippen LogP contribution in [0.2, 0.25) is 5.28 Å². The van der Waals surface area contributed by atoms with Crippen LogP contribution < -0.4 is 4.74 Å². The third-order valence-electron chi connectivity index (χ3n) is 2.66. The summed E-state index contributed by atoms with van der Waals surface area (Å²) in [6.45, 7) is 0. The minimum atomic E-state index is 0. The number of aromatic hydroxyl groups is 1. The number of hydrogen-bond donors (Lipinski definition) is 1. The fourth-order valence-electron chi connectivity index (χ4n) is 1.57. The second-order valence-corrected chi connectivity index (χ2v) is 7.02. The van der Waals surface area contributed by atoms with Crippen LogP contribution in [0.5, 0.6) is 17.5 Å². The second-order valence-electron chi connectivity index (χ2n) is 4.85. The molecule has 30 heavy (non-hydrogen) atoms. The van der Waals surface area contributed by atoms with E-state index in [1.807, 2.05) is 0 Å². The first kappa shape index (κ1) is 25.3. The Labute approximate surface area is 195 Å². The summed E-state index contributed by atoms with van der Waals surface area (Å²) in [6, 6.07) is 7.13. The third kappa shape index (κ3) is 10.7. The quantitative estimate of drug-likeness (QED) is 0.312. The summed E-state index contributed by atoms with van der Waals surface area (Å²) in [5.74, 6) is 0.782. The highest BCUT2D eigenvalue weighted by Crippen LogP contribution is 2.19. The van der Waals surface area contributed by atoms with Crippen molar-refractivity contribution in [2.75, 3.05) is 0 Å². The third-order valence-corrected chi connectivity index (χ3v) is 3.72. The van der Waals surface area contributed by atoms with Crippen LogP contribution in [0, 0.1) is 0 Å². The highest BCUT2D eigenvalue weighted by Gasteiger charge is 1.99. The molecule has 8 nitrogen and oxygen atoms in total. The largest absolute Gasteiger partial charge is 0.506 e. The first-order valence-corrected chi connectivity index (χ1v) is 9.77. The molecule has 0 atom stereocenters. The zero-order chi connectivity index (χ0) is 20.9. The Morgan fingerprint density at radius 2 is 1.30 bits per heavy atom. The summed E-state index contributed by atoms with van der Waals surface area (Å²) in [5, 5.41) is 9.01. The molecular weight excluding hydrogens is 540 g/mol. The Morgan fingerprint density at radius 1 is 0.767 bits per heavy atom. The molecule has 4 aromatic heterocycles. The normalized spacial score (nSPS) is 9.03. The highest BCUT2D eigenvalue weighted by molar-refractivity contribution is 9.10. The van der Waals surface area contributed by atoms with Crippen molar-refractivity contribution in [2.24, 2.45) is 0 Å². The molecule has 4 heterocycles. The molecule has 0 unspecified atom stereocenters. The smallest absolute Gasteiger partial charge is 0.321 e. The van der Waals surface area contributed by atoms with Gasteiger partial charge in [-0.15, -0.1) is 0 Å². The van der Waals surface area contributed by atoms with E-state index in [4.69, 9.17) is 21.4 Å². The minimum absolute atomic E-state index is 0. The predicted octanol–water partition coefficient (Wildman–Crippen LogP) is 5.74. The van der Waals surface area contributed by atoms with Gasteiger partial charge in [0.25, 0.3) is 0 Å². The van der Waals surface area contributed by atoms with Crippen molar-refractivity contribution in [3.63, 3.8) is 0 Å². The Morgan fingerprint density at radius 3 is 1.73 bits per heavy atom. The van der Waals surface area contributed by atoms with E-state index < -0.39 is 0 Å². The number of aromatic nitrogens is 6. The van der Waals surface area contributed by atoms with Crippen molar-refractivity contribution in [1.82, 2.24) is 29.9 Å². The number of halogens is 3. The molecule has 0 aliphatic heterocycles. The van der Waals surface area contributed by atoms with Gasteiger partial charge in [0.15, 0.2) is 5.75 Å². The molecule has 0 radical (unpaired) electrons. The van der Waals surface area contributed by atoms with Crippen LogP contribution in [0.4, 0.5) is 0 Å². The van der Waals surface area contributed by atoms with Crippen LogP contribution in [-0.4, -0.2) is 35.0 Å². The number of ether oxygens (including phenoxy) is 1. The lowest BCUT2D eigenvalue weighted by atomic mass is 10.5. The fourth-order valence-corrected chi connectivity index (χ4v) is 2.38. The molecule has 4 aromatic rings. The van der Waals surface area contributed by atoms with Gasteiger partial charge in [-0.25, -0.2) is 19.9 Å². The van der Waals surface area contributed by atoms with Crippen molar-refractivity contribution in [3.8, 4) is 17.5 Å². The van der Waals surface area contributed by atoms with Gasteiger partial charge in [0.05, 0.1) is 12.4 Å². The molecule has 4 rings (SSSR count). The van der Waals surface area contributed by atoms with E-state index in [9.17, 15) is 0 Å². The van der Waals surface area contributed by atoms with Gasteiger partial charge in [-0.1, -0.05) is 7.43 Å². The molecule has 0 saturated carbocycles. The minimum Gasteiger partial charge on any atom is -0.506 e. The summed E-state index contributed by atoms with van der Waals surface area (Å²) in [4.78, 5) is 22.8.